The van der Waals surface area contributed by atoms with Gasteiger partial charge >= 0.3 is 0 Å². The van der Waals surface area contributed by atoms with Crippen LogP contribution in [0.3, 0.4) is 0 Å². The van der Waals surface area contributed by atoms with Crippen LogP contribution < -0.4 is 0 Å². The summed E-state index contributed by atoms with van der Waals surface area (Å²) in [5.74, 6) is 3.09. The molecule has 0 spiro atoms. The Labute approximate surface area is 88.2 Å². The van der Waals surface area contributed by atoms with Crippen LogP contribution in [0.25, 0.3) is 0 Å². The van der Waals surface area contributed by atoms with Gasteiger partial charge in [-0.05, 0) is 49.5 Å². The zero-order valence-electron chi connectivity index (χ0n) is 9.79. The molecule has 2 atom stereocenters. The topological polar surface area (TPSA) is 20.2 Å². The maximum Gasteiger partial charge on any atom is 0.0883 e. The Morgan fingerprint density at radius 3 is 2.64 bits per heavy atom. The van der Waals surface area contributed by atoms with Crippen molar-refractivity contribution in [3.05, 3.63) is 11.8 Å². The molecule has 0 aromatic carbocycles. The van der Waals surface area contributed by atoms with Gasteiger partial charge in [0.05, 0.1) is 5.76 Å². The molecule has 0 aromatic rings. The molecule has 1 aliphatic carbocycles. The van der Waals surface area contributed by atoms with Gasteiger partial charge in [-0.25, -0.2) is 0 Å². The Morgan fingerprint density at radius 1 is 1.43 bits per heavy atom. The second-order valence-electron chi connectivity index (χ2n) is 5.31. The largest absolute Gasteiger partial charge is 0.513 e. The molecule has 1 N–H and O–H groups in total. The lowest BCUT2D eigenvalue weighted by Gasteiger charge is -2.23. The standard InChI is InChI=1S/C13H24O/c1-10(2)8-11(3)9-12-4-6-13(14)7-5-12/h6,10-12,14H,4-5,7-9H2,1-3H3. The van der Waals surface area contributed by atoms with Crippen molar-refractivity contribution in [1.29, 1.82) is 0 Å². The molecule has 1 nitrogen and oxygen atoms in total. The molecular formula is C13H24O. The number of aliphatic hydroxyl groups excluding tert-OH is 1. The van der Waals surface area contributed by atoms with Crippen LogP contribution in [0, 0.1) is 17.8 Å². The molecule has 0 saturated carbocycles. The Bertz CT molecular complexity index is 193. The first-order valence-electron chi connectivity index (χ1n) is 5.96. The quantitative estimate of drug-likeness (QED) is 0.710. The summed E-state index contributed by atoms with van der Waals surface area (Å²) in [6, 6.07) is 0. The van der Waals surface area contributed by atoms with E-state index in [9.17, 15) is 5.11 Å². The second kappa shape index (κ2) is 5.43. The molecule has 0 saturated heterocycles. The molecule has 0 bridgehead atoms. The molecule has 0 fully saturated rings. The van der Waals surface area contributed by atoms with E-state index in [1.807, 2.05) is 6.08 Å². The van der Waals surface area contributed by atoms with Crippen molar-refractivity contribution in [1.82, 2.24) is 0 Å². The number of allylic oxidation sites excluding steroid dienone is 2. The highest BCUT2D eigenvalue weighted by molar-refractivity contribution is 4.97. The molecule has 0 aromatic heterocycles. The lowest BCUT2D eigenvalue weighted by atomic mass is 9.83. The molecule has 1 rings (SSSR count). The molecule has 0 aliphatic heterocycles. The number of hydrogen-bond donors (Lipinski definition) is 1. The molecular weight excluding hydrogens is 172 g/mol. The molecule has 0 radical (unpaired) electrons. The highest BCUT2D eigenvalue weighted by Crippen LogP contribution is 2.29. The summed E-state index contributed by atoms with van der Waals surface area (Å²) < 4.78 is 0. The van der Waals surface area contributed by atoms with Crippen LogP contribution in [0.4, 0.5) is 0 Å². The van der Waals surface area contributed by atoms with Gasteiger partial charge in [0, 0.05) is 6.42 Å². The first-order valence-corrected chi connectivity index (χ1v) is 5.96. The summed E-state index contributed by atoms with van der Waals surface area (Å²) in [6.45, 7) is 6.95. The third-order valence-electron chi connectivity index (χ3n) is 3.11. The van der Waals surface area contributed by atoms with Crippen LogP contribution >= 0.6 is 0 Å². The number of hydrogen-bond acceptors (Lipinski definition) is 1. The second-order valence-corrected chi connectivity index (χ2v) is 5.31. The predicted octanol–water partition coefficient (Wildman–Crippen LogP) is 4.30. The van der Waals surface area contributed by atoms with Gasteiger partial charge in [0.1, 0.15) is 0 Å². The van der Waals surface area contributed by atoms with E-state index >= 15 is 0 Å². The summed E-state index contributed by atoms with van der Waals surface area (Å²) in [7, 11) is 0. The van der Waals surface area contributed by atoms with Crippen LogP contribution in [-0.4, -0.2) is 5.11 Å². The van der Waals surface area contributed by atoms with Gasteiger partial charge in [-0.15, -0.1) is 0 Å². The molecule has 14 heavy (non-hydrogen) atoms. The van der Waals surface area contributed by atoms with Crippen molar-refractivity contribution in [3.8, 4) is 0 Å². The Hall–Kier alpha value is -0.460. The molecule has 0 heterocycles. The summed E-state index contributed by atoms with van der Waals surface area (Å²) in [5, 5.41) is 9.27. The van der Waals surface area contributed by atoms with Crippen LogP contribution in [0.1, 0.15) is 52.9 Å². The first kappa shape index (κ1) is 11.6. The fourth-order valence-corrected chi connectivity index (χ4v) is 2.56. The number of rotatable bonds is 4. The van der Waals surface area contributed by atoms with E-state index in [4.69, 9.17) is 0 Å². The fraction of sp³-hybridized carbons (Fsp3) is 0.846. The van der Waals surface area contributed by atoms with Crippen LogP contribution in [0.2, 0.25) is 0 Å². The minimum absolute atomic E-state index is 0.609. The fourth-order valence-electron chi connectivity index (χ4n) is 2.56. The van der Waals surface area contributed by atoms with Crippen LogP contribution in [0.5, 0.6) is 0 Å². The van der Waals surface area contributed by atoms with Crippen molar-refractivity contribution in [2.45, 2.75) is 52.9 Å². The predicted molar refractivity (Wildman–Crippen MR) is 61.3 cm³/mol. The van der Waals surface area contributed by atoms with Crippen LogP contribution in [0.15, 0.2) is 11.8 Å². The monoisotopic (exact) mass is 196 g/mol. The van der Waals surface area contributed by atoms with E-state index in [0.29, 0.717) is 5.76 Å². The van der Waals surface area contributed by atoms with Crippen molar-refractivity contribution in [2.24, 2.45) is 17.8 Å². The van der Waals surface area contributed by atoms with Crippen molar-refractivity contribution in [2.75, 3.05) is 0 Å². The van der Waals surface area contributed by atoms with Gasteiger partial charge in [-0.3, -0.25) is 0 Å². The number of aliphatic hydroxyl groups is 1. The minimum Gasteiger partial charge on any atom is -0.513 e. The van der Waals surface area contributed by atoms with Gasteiger partial charge in [0.2, 0.25) is 0 Å². The van der Waals surface area contributed by atoms with Gasteiger partial charge in [0.15, 0.2) is 0 Å². The highest BCUT2D eigenvalue weighted by atomic mass is 16.3. The van der Waals surface area contributed by atoms with E-state index < -0.39 is 0 Å². The first-order chi connectivity index (χ1) is 6.58. The van der Waals surface area contributed by atoms with E-state index in [1.165, 1.54) is 19.3 Å². The summed E-state index contributed by atoms with van der Waals surface area (Å²) in [6.07, 6.45) is 7.86. The van der Waals surface area contributed by atoms with Gasteiger partial charge in [0.25, 0.3) is 0 Å². The van der Waals surface area contributed by atoms with Gasteiger partial charge in [-0.1, -0.05) is 20.8 Å². The maximum atomic E-state index is 9.27. The van der Waals surface area contributed by atoms with Gasteiger partial charge in [-0.2, -0.15) is 0 Å². The lowest BCUT2D eigenvalue weighted by Crippen LogP contribution is -2.11. The summed E-state index contributed by atoms with van der Waals surface area (Å²) >= 11 is 0. The smallest absolute Gasteiger partial charge is 0.0883 e. The normalized spacial score (nSPS) is 24.9. The van der Waals surface area contributed by atoms with Crippen molar-refractivity contribution >= 4 is 0 Å². The molecule has 82 valence electrons. The summed E-state index contributed by atoms with van der Waals surface area (Å²) in [5.41, 5.74) is 0. The average molecular weight is 196 g/mol. The molecule has 0 amide bonds. The lowest BCUT2D eigenvalue weighted by molar-refractivity contribution is 0.288. The third-order valence-corrected chi connectivity index (χ3v) is 3.11. The zero-order valence-corrected chi connectivity index (χ0v) is 9.79. The van der Waals surface area contributed by atoms with E-state index in [1.54, 1.807) is 0 Å². The SMILES string of the molecule is CC(C)CC(C)CC1CC=C(O)CC1. The van der Waals surface area contributed by atoms with E-state index in [0.717, 1.165) is 30.6 Å². The zero-order chi connectivity index (χ0) is 10.6. The van der Waals surface area contributed by atoms with Crippen molar-refractivity contribution < 1.29 is 5.11 Å². The minimum atomic E-state index is 0.609. The van der Waals surface area contributed by atoms with E-state index in [-0.39, 0.29) is 0 Å². The highest BCUT2D eigenvalue weighted by Gasteiger charge is 2.17. The van der Waals surface area contributed by atoms with Crippen LogP contribution in [-0.2, 0) is 0 Å². The Kier molecular flexibility index (Phi) is 4.50. The molecule has 2 unspecified atom stereocenters. The maximum absolute atomic E-state index is 9.27. The van der Waals surface area contributed by atoms with E-state index in [2.05, 4.69) is 20.8 Å². The Morgan fingerprint density at radius 2 is 2.14 bits per heavy atom. The third kappa shape index (κ3) is 4.17. The Balaban J connectivity index is 2.24. The van der Waals surface area contributed by atoms with Gasteiger partial charge < -0.3 is 5.11 Å². The summed E-state index contributed by atoms with van der Waals surface area (Å²) in [4.78, 5) is 0. The molecule has 1 heteroatoms. The van der Waals surface area contributed by atoms with Crippen molar-refractivity contribution in [3.63, 3.8) is 0 Å². The average Bonchev–Trinajstić information content (AvgIpc) is 2.07. The molecule has 1 aliphatic rings.